The van der Waals surface area contributed by atoms with Gasteiger partial charge in [0.1, 0.15) is 13.2 Å². The van der Waals surface area contributed by atoms with Gasteiger partial charge in [-0.2, -0.15) is 5.01 Å². The van der Waals surface area contributed by atoms with Crippen LogP contribution < -0.4 is 15.8 Å². The van der Waals surface area contributed by atoms with Crippen LogP contribution in [0.2, 0.25) is 0 Å². The summed E-state index contributed by atoms with van der Waals surface area (Å²) >= 11 is 1.69. The number of amides is 2. The van der Waals surface area contributed by atoms with Gasteiger partial charge in [-0.15, -0.1) is 11.8 Å². The molecule has 7 nitrogen and oxygen atoms in total. The van der Waals surface area contributed by atoms with Crippen molar-refractivity contribution in [2.75, 3.05) is 16.1 Å². The van der Waals surface area contributed by atoms with E-state index in [4.69, 9.17) is 9.47 Å². The van der Waals surface area contributed by atoms with Gasteiger partial charge in [0.2, 0.25) is 0 Å². The largest absolute Gasteiger partial charge is 0.443 e. The summed E-state index contributed by atoms with van der Waals surface area (Å²) in [5.41, 5.74) is 6.59. The molecule has 0 aliphatic carbocycles. The molecule has 0 saturated heterocycles. The van der Waals surface area contributed by atoms with Crippen LogP contribution in [-0.2, 0) is 28.2 Å². The maximum Gasteiger partial charge on any atom is 0.433 e. The lowest BCUT2D eigenvalue weighted by Gasteiger charge is -2.37. The summed E-state index contributed by atoms with van der Waals surface area (Å²) in [4.78, 5) is 26.9. The monoisotopic (exact) mass is 539 g/mol. The Morgan fingerprint density at radius 2 is 1.44 bits per heavy atom. The Balaban J connectivity index is 1.34. The number of hydrogen-bond donors (Lipinski definition) is 2. The fourth-order valence-electron chi connectivity index (χ4n) is 4.24. The van der Waals surface area contributed by atoms with Gasteiger partial charge in [0, 0.05) is 16.3 Å². The highest BCUT2D eigenvalue weighted by molar-refractivity contribution is 7.99. The summed E-state index contributed by atoms with van der Waals surface area (Å²) in [6.45, 7) is 2.30. The number of nitrogens with one attached hydrogen (secondary N) is 2. The zero-order valence-electron chi connectivity index (χ0n) is 21.5. The van der Waals surface area contributed by atoms with Crippen molar-refractivity contribution in [1.29, 1.82) is 0 Å². The number of ether oxygens (including phenoxy) is 2. The molecule has 0 bridgehead atoms. The molecule has 0 aromatic heterocycles. The molecule has 8 heteroatoms. The number of thioether (sulfide) groups is 1. The summed E-state index contributed by atoms with van der Waals surface area (Å²) in [5.74, 6) is 0.790. The van der Waals surface area contributed by atoms with Crippen LogP contribution in [0.1, 0.15) is 23.6 Å². The molecule has 4 aromatic carbocycles. The SMILES string of the molecule is CC1(c2ccccc2)CSc2cc(N(NC(=O)OCc3ccccc3)C(=O)OCc3ccccc3)ccc2N1. The van der Waals surface area contributed by atoms with Crippen LogP contribution in [-0.4, -0.2) is 17.9 Å². The van der Waals surface area contributed by atoms with Gasteiger partial charge in [0.25, 0.3) is 0 Å². The van der Waals surface area contributed by atoms with Gasteiger partial charge in [0.05, 0.1) is 11.2 Å². The highest BCUT2D eigenvalue weighted by atomic mass is 32.2. The van der Waals surface area contributed by atoms with Gasteiger partial charge in [-0.05, 0) is 41.8 Å². The Kier molecular flexibility index (Phi) is 8.03. The van der Waals surface area contributed by atoms with Crippen LogP contribution in [0, 0.1) is 0 Å². The van der Waals surface area contributed by atoms with E-state index in [2.05, 4.69) is 29.8 Å². The van der Waals surface area contributed by atoms with Gasteiger partial charge in [-0.25, -0.2) is 15.0 Å². The van der Waals surface area contributed by atoms with Gasteiger partial charge < -0.3 is 14.8 Å². The van der Waals surface area contributed by atoms with E-state index in [0.29, 0.717) is 5.69 Å². The smallest absolute Gasteiger partial charge is 0.433 e. The summed E-state index contributed by atoms with van der Waals surface area (Å²) in [6.07, 6.45) is -1.49. The number of carbonyl (C=O) groups is 2. The quantitative estimate of drug-likeness (QED) is 0.254. The third-order valence-electron chi connectivity index (χ3n) is 6.36. The van der Waals surface area contributed by atoms with E-state index < -0.39 is 12.2 Å². The summed E-state index contributed by atoms with van der Waals surface area (Å²) in [7, 11) is 0. The summed E-state index contributed by atoms with van der Waals surface area (Å²) in [5, 5.41) is 4.73. The van der Waals surface area contributed by atoms with E-state index in [1.807, 2.05) is 91.0 Å². The van der Waals surface area contributed by atoms with Crippen molar-refractivity contribution in [2.24, 2.45) is 0 Å². The van der Waals surface area contributed by atoms with Crippen molar-refractivity contribution in [2.45, 2.75) is 30.6 Å². The van der Waals surface area contributed by atoms with Gasteiger partial charge in [-0.3, -0.25) is 0 Å². The number of hydrazine groups is 1. The van der Waals surface area contributed by atoms with Crippen LogP contribution in [0.5, 0.6) is 0 Å². The molecule has 1 unspecified atom stereocenters. The first-order chi connectivity index (χ1) is 19.0. The standard InChI is InChI=1S/C31H29N3O4S/c1-31(25-15-9-4-10-16-25)22-39-28-19-26(17-18-27(28)32-31)34(30(36)38-21-24-13-7-3-8-14-24)33-29(35)37-20-23-11-5-2-6-12-23/h2-19,32H,20-22H2,1H3,(H,33,35). The Morgan fingerprint density at radius 3 is 2.08 bits per heavy atom. The minimum Gasteiger partial charge on any atom is -0.443 e. The number of benzene rings is 4. The van der Waals surface area contributed by atoms with Crippen molar-refractivity contribution in [3.8, 4) is 0 Å². The van der Waals surface area contributed by atoms with Crippen LogP contribution in [0.3, 0.4) is 0 Å². The molecule has 198 valence electrons. The lowest BCUT2D eigenvalue weighted by atomic mass is 9.93. The van der Waals surface area contributed by atoms with Crippen molar-refractivity contribution in [3.05, 3.63) is 126 Å². The molecule has 4 aromatic rings. The molecular formula is C31H29N3O4S. The molecule has 1 atom stereocenters. The van der Waals surface area contributed by atoms with Crippen molar-refractivity contribution in [3.63, 3.8) is 0 Å². The maximum atomic E-state index is 13.2. The fourth-order valence-corrected chi connectivity index (χ4v) is 5.40. The minimum atomic E-state index is -0.768. The number of rotatable bonds is 6. The van der Waals surface area contributed by atoms with E-state index in [-0.39, 0.29) is 18.8 Å². The predicted octanol–water partition coefficient (Wildman–Crippen LogP) is 7.10. The van der Waals surface area contributed by atoms with Crippen molar-refractivity contribution in [1.82, 2.24) is 5.43 Å². The molecule has 39 heavy (non-hydrogen) atoms. The Hall–Kier alpha value is -4.43. The maximum absolute atomic E-state index is 13.2. The second kappa shape index (κ2) is 12.0. The molecule has 1 aliphatic rings. The topological polar surface area (TPSA) is 79.9 Å². The van der Waals surface area contributed by atoms with E-state index in [9.17, 15) is 9.59 Å². The van der Waals surface area contributed by atoms with Crippen LogP contribution in [0.15, 0.2) is 114 Å². The zero-order valence-corrected chi connectivity index (χ0v) is 22.3. The first-order valence-electron chi connectivity index (χ1n) is 12.6. The number of hydrogen-bond acceptors (Lipinski definition) is 6. The van der Waals surface area contributed by atoms with E-state index in [1.54, 1.807) is 17.8 Å². The van der Waals surface area contributed by atoms with Crippen molar-refractivity contribution < 1.29 is 19.1 Å². The molecule has 0 spiro atoms. The second-order valence-electron chi connectivity index (χ2n) is 9.34. The third kappa shape index (κ3) is 6.53. The number of carbonyl (C=O) groups excluding carboxylic acids is 2. The lowest BCUT2D eigenvalue weighted by Crippen LogP contribution is -2.47. The van der Waals surface area contributed by atoms with Crippen LogP contribution >= 0.6 is 11.8 Å². The molecule has 0 fully saturated rings. The number of anilines is 2. The Bertz CT molecular complexity index is 1420. The molecule has 2 amide bonds. The predicted molar refractivity (Wildman–Crippen MR) is 153 cm³/mol. The highest BCUT2D eigenvalue weighted by Crippen LogP contribution is 2.43. The highest BCUT2D eigenvalue weighted by Gasteiger charge is 2.32. The molecule has 2 N–H and O–H groups in total. The van der Waals surface area contributed by atoms with Gasteiger partial charge in [-0.1, -0.05) is 91.0 Å². The molecule has 0 saturated carbocycles. The lowest BCUT2D eigenvalue weighted by molar-refractivity contribution is 0.126. The first kappa shape index (κ1) is 26.2. The molecular weight excluding hydrogens is 510 g/mol. The number of fused-ring (bicyclic) bond motifs is 1. The normalized spacial score (nSPS) is 15.8. The van der Waals surface area contributed by atoms with Crippen LogP contribution in [0.25, 0.3) is 0 Å². The van der Waals surface area contributed by atoms with E-state index in [0.717, 1.165) is 32.5 Å². The van der Waals surface area contributed by atoms with E-state index >= 15 is 0 Å². The summed E-state index contributed by atoms with van der Waals surface area (Å²) < 4.78 is 10.9. The minimum absolute atomic E-state index is 0.0631. The molecule has 0 radical (unpaired) electrons. The van der Waals surface area contributed by atoms with Crippen LogP contribution in [0.4, 0.5) is 21.0 Å². The van der Waals surface area contributed by atoms with Gasteiger partial charge in [0.15, 0.2) is 0 Å². The fraction of sp³-hybridized carbons (Fsp3) is 0.161. The average molecular weight is 540 g/mol. The molecule has 1 aliphatic heterocycles. The first-order valence-corrected chi connectivity index (χ1v) is 13.6. The average Bonchev–Trinajstić information content (AvgIpc) is 2.99. The molecule has 1 heterocycles. The Labute approximate surface area is 232 Å². The molecule has 5 rings (SSSR count). The zero-order chi connectivity index (χ0) is 27.1. The number of nitrogens with zero attached hydrogens (tertiary/aromatic N) is 1. The van der Waals surface area contributed by atoms with E-state index in [1.165, 1.54) is 5.56 Å². The second-order valence-corrected chi connectivity index (χ2v) is 10.4. The Morgan fingerprint density at radius 1 is 0.846 bits per heavy atom. The van der Waals surface area contributed by atoms with Gasteiger partial charge >= 0.3 is 12.2 Å². The summed E-state index contributed by atoms with van der Waals surface area (Å²) in [6, 6.07) is 34.5. The van der Waals surface area contributed by atoms with Crippen molar-refractivity contribution >= 4 is 35.3 Å². The third-order valence-corrected chi connectivity index (χ3v) is 7.74.